The van der Waals surface area contributed by atoms with E-state index >= 15 is 0 Å². The van der Waals surface area contributed by atoms with Crippen LogP contribution in [-0.2, 0) is 10.3 Å². The second-order valence-corrected chi connectivity index (χ2v) is 6.01. The number of halogens is 1. The van der Waals surface area contributed by atoms with Gasteiger partial charge >= 0.3 is 0 Å². The summed E-state index contributed by atoms with van der Waals surface area (Å²) in [6.07, 6.45) is -4.22. The Bertz CT molecular complexity index is 693. The highest BCUT2D eigenvalue weighted by Crippen LogP contribution is 2.45. The van der Waals surface area contributed by atoms with E-state index in [2.05, 4.69) is 4.98 Å². The van der Waals surface area contributed by atoms with E-state index in [1.54, 1.807) is 24.3 Å². The van der Waals surface area contributed by atoms with Gasteiger partial charge in [-0.3, -0.25) is 0 Å². The molecule has 8 heteroatoms. The lowest BCUT2D eigenvalue weighted by atomic mass is 9.78. The van der Waals surface area contributed by atoms with Crippen LogP contribution >= 0.6 is 11.6 Å². The van der Waals surface area contributed by atoms with Gasteiger partial charge in [0, 0.05) is 22.7 Å². The topological polar surface area (TPSA) is 126 Å². The van der Waals surface area contributed by atoms with Crippen molar-refractivity contribution in [3.05, 3.63) is 36.0 Å². The van der Waals surface area contributed by atoms with E-state index in [0.717, 1.165) is 0 Å². The molecule has 1 aliphatic heterocycles. The number of aliphatic hydroxyl groups excluding tert-OH is 4. The summed E-state index contributed by atoms with van der Waals surface area (Å²) in [7, 11) is 0. The lowest BCUT2D eigenvalue weighted by Crippen LogP contribution is -2.68. The highest BCUT2D eigenvalue weighted by Gasteiger charge is 2.62. The minimum atomic E-state index is -2.33. The molecular formula is C14H16ClNO6. The monoisotopic (exact) mass is 329 g/mol. The van der Waals surface area contributed by atoms with E-state index in [9.17, 15) is 25.5 Å². The molecule has 7 nitrogen and oxygen atoms in total. The number of aromatic amines is 1. The largest absolute Gasteiger partial charge is 0.392 e. The predicted molar refractivity (Wildman–Crippen MR) is 77.0 cm³/mol. The van der Waals surface area contributed by atoms with Gasteiger partial charge in [0.15, 0.2) is 17.0 Å². The summed E-state index contributed by atoms with van der Waals surface area (Å²) in [5.41, 5.74) is -1.53. The van der Waals surface area contributed by atoms with Crippen LogP contribution in [0.25, 0.3) is 10.9 Å². The first-order valence-corrected chi connectivity index (χ1v) is 7.03. The minimum absolute atomic E-state index is 0.143. The third kappa shape index (κ3) is 1.99. The van der Waals surface area contributed by atoms with Crippen LogP contribution in [0, 0.1) is 0 Å². The summed E-state index contributed by atoms with van der Waals surface area (Å²) in [5.74, 6) is 0. The van der Waals surface area contributed by atoms with Gasteiger partial charge in [-0.1, -0.05) is 29.8 Å². The fourth-order valence-electron chi connectivity index (χ4n) is 2.87. The number of H-pyrrole nitrogens is 1. The fraction of sp³-hybridized carbons (Fsp3) is 0.429. The van der Waals surface area contributed by atoms with E-state index < -0.39 is 35.8 Å². The Morgan fingerprint density at radius 3 is 2.59 bits per heavy atom. The molecule has 1 aliphatic rings. The number of fused-ring (bicyclic) bond motifs is 1. The number of nitrogens with one attached hydrogen (secondary N) is 1. The molecule has 0 amide bonds. The number of alkyl halides is 1. The summed E-state index contributed by atoms with van der Waals surface area (Å²) in [5, 5.41) is 49.1. The van der Waals surface area contributed by atoms with Gasteiger partial charge in [-0.15, -0.1) is 0 Å². The van der Waals surface area contributed by atoms with Gasteiger partial charge in [-0.05, 0) is 6.07 Å². The molecule has 0 unspecified atom stereocenters. The summed E-state index contributed by atoms with van der Waals surface area (Å²) in [6.45, 7) is -0.871. The number of aromatic nitrogens is 1. The molecule has 2 aromatic rings. The molecule has 0 radical (unpaired) electrons. The van der Waals surface area contributed by atoms with Gasteiger partial charge in [0.05, 0.1) is 6.61 Å². The molecule has 0 spiro atoms. The lowest BCUT2D eigenvalue weighted by Gasteiger charge is -2.49. The zero-order valence-corrected chi connectivity index (χ0v) is 12.1. The Balaban J connectivity index is 2.20. The van der Waals surface area contributed by atoms with Gasteiger partial charge in [0.1, 0.15) is 12.2 Å². The van der Waals surface area contributed by atoms with Crippen LogP contribution in [0.4, 0.5) is 0 Å². The van der Waals surface area contributed by atoms with Gasteiger partial charge in [-0.2, -0.15) is 0 Å². The fourth-order valence-corrected chi connectivity index (χ4v) is 3.13. The first-order chi connectivity index (χ1) is 10.3. The van der Waals surface area contributed by atoms with Crippen molar-refractivity contribution in [1.29, 1.82) is 0 Å². The average molecular weight is 330 g/mol. The molecule has 1 aromatic heterocycles. The van der Waals surface area contributed by atoms with Crippen LogP contribution in [0.15, 0.2) is 30.5 Å². The number of hydrogen-bond donors (Lipinski definition) is 6. The van der Waals surface area contributed by atoms with Crippen LogP contribution < -0.4 is 0 Å². The molecule has 22 heavy (non-hydrogen) atoms. The minimum Gasteiger partial charge on any atom is -0.392 e. The first-order valence-electron chi connectivity index (χ1n) is 6.65. The summed E-state index contributed by atoms with van der Waals surface area (Å²) in [6, 6.07) is 6.92. The zero-order valence-electron chi connectivity index (χ0n) is 11.3. The van der Waals surface area contributed by atoms with E-state index in [0.29, 0.717) is 10.9 Å². The number of hydrogen-bond acceptors (Lipinski definition) is 6. The van der Waals surface area contributed by atoms with Crippen LogP contribution in [0.2, 0.25) is 0 Å². The van der Waals surface area contributed by atoms with Crippen LogP contribution in [0.1, 0.15) is 5.56 Å². The summed E-state index contributed by atoms with van der Waals surface area (Å²) < 4.78 is 4.85. The van der Waals surface area contributed by atoms with Crippen molar-refractivity contribution in [1.82, 2.24) is 4.98 Å². The van der Waals surface area contributed by atoms with Gasteiger partial charge in [0.2, 0.25) is 0 Å². The van der Waals surface area contributed by atoms with Crippen LogP contribution in [-0.4, -0.2) is 60.7 Å². The number of aliphatic hydroxyl groups is 5. The molecule has 2 heterocycles. The Labute approximate surface area is 130 Å². The number of rotatable bonds is 2. The molecular weight excluding hydrogens is 314 g/mol. The molecule has 0 bridgehead atoms. The van der Waals surface area contributed by atoms with Gasteiger partial charge in [0.25, 0.3) is 0 Å². The maximum Gasteiger partial charge on any atom is 0.196 e. The Morgan fingerprint density at radius 1 is 1.23 bits per heavy atom. The lowest BCUT2D eigenvalue weighted by molar-refractivity contribution is -0.338. The van der Waals surface area contributed by atoms with E-state index in [1.807, 2.05) is 0 Å². The van der Waals surface area contributed by atoms with Gasteiger partial charge < -0.3 is 35.3 Å². The quantitative estimate of drug-likeness (QED) is 0.407. The second kappa shape index (κ2) is 5.17. The molecule has 6 N–H and O–H groups in total. The Kier molecular flexibility index (Phi) is 3.69. The molecule has 1 aromatic carbocycles. The van der Waals surface area contributed by atoms with Gasteiger partial charge in [-0.25, -0.2) is 0 Å². The first kappa shape index (κ1) is 15.7. The second-order valence-electron chi connectivity index (χ2n) is 5.37. The van der Waals surface area contributed by atoms with Crippen molar-refractivity contribution in [3.8, 4) is 0 Å². The third-order valence-electron chi connectivity index (χ3n) is 4.10. The smallest absolute Gasteiger partial charge is 0.196 e. The van der Waals surface area contributed by atoms with Crippen molar-refractivity contribution in [2.75, 3.05) is 6.61 Å². The average Bonchev–Trinajstić information content (AvgIpc) is 2.95. The summed E-state index contributed by atoms with van der Waals surface area (Å²) >= 11 is 5.96. The predicted octanol–water partition coefficient (Wildman–Crippen LogP) is -0.647. The number of ether oxygens (including phenoxy) is 1. The molecule has 1 fully saturated rings. The normalized spacial score (nSPS) is 39.3. The molecule has 120 valence electrons. The van der Waals surface area contributed by atoms with Crippen molar-refractivity contribution in [2.45, 2.75) is 29.2 Å². The van der Waals surface area contributed by atoms with Crippen molar-refractivity contribution in [2.24, 2.45) is 0 Å². The maximum absolute atomic E-state index is 10.9. The van der Waals surface area contributed by atoms with Crippen molar-refractivity contribution < 1.29 is 30.3 Å². The van der Waals surface area contributed by atoms with Crippen molar-refractivity contribution in [3.63, 3.8) is 0 Å². The third-order valence-corrected chi connectivity index (χ3v) is 4.51. The molecule has 1 saturated heterocycles. The zero-order chi connectivity index (χ0) is 16.1. The van der Waals surface area contributed by atoms with Crippen molar-refractivity contribution >= 4 is 22.5 Å². The maximum atomic E-state index is 10.9. The van der Waals surface area contributed by atoms with E-state index in [1.165, 1.54) is 6.20 Å². The highest BCUT2D eigenvalue weighted by molar-refractivity contribution is 6.23. The standard InChI is InChI=1S/C14H16ClNO6/c15-13(6-17)12(20)14(21,10(18)11(19)22-13)8-5-16-9-4-2-1-3-7(8)9/h1-5,10-12,16-21H,6H2/t10-,11+,12+,13+,14+/m0/s1. The molecule has 0 aliphatic carbocycles. The number of para-hydroxylation sites is 1. The molecule has 5 atom stereocenters. The molecule has 3 rings (SSSR count). The molecule has 0 saturated carbocycles. The SMILES string of the molecule is OC[C@@]1(Cl)O[C@@H](O)[C@H](O)[C@](O)(c2c[nH]c3ccccc23)[C@@H]1O. The van der Waals surface area contributed by atoms with Crippen LogP contribution in [0.3, 0.4) is 0 Å². The van der Waals surface area contributed by atoms with E-state index in [-0.39, 0.29) is 5.56 Å². The van der Waals surface area contributed by atoms with Crippen LogP contribution in [0.5, 0.6) is 0 Å². The van der Waals surface area contributed by atoms with E-state index in [4.69, 9.17) is 16.3 Å². The summed E-state index contributed by atoms with van der Waals surface area (Å²) in [4.78, 5) is 2.90. The Hall–Kier alpha value is -1.19. The Morgan fingerprint density at radius 2 is 1.91 bits per heavy atom. The highest BCUT2D eigenvalue weighted by atomic mass is 35.5. The number of benzene rings is 1.